The number of anilines is 1. The summed E-state index contributed by atoms with van der Waals surface area (Å²) in [5.41, 5.74) is 0.629. The highest BCUT2D eigenvalue weighted by molar-refractivity contribution is 6.33. The number of para-hydroxylation sites is 1. The van der Waals surface area contributed by atoms with Gasteiger partial charge in [-0.15, -0.1) is 0 Å². The van der Waals surface area contributed by atoms with Crippen molar-refractivity contribution in [2.75, 3.05) is 25.0 Å². The van der Waals surface area contributed by atoms with Gasteiger partial charge in [0.05, 0.1) is 30.0 Å². The van der Waals surface area contributed by atoms with E-state index in [1.807, 2.05) is 26.0 Å². The number of hydrogen-bond donors (Lipinski definition) is 2. The minimum atomic E-state index is -0.118. The zero-order valence-corrected chi connectivity index (χ0v) is 11.5. The van der Waals surface area contributed by atoms with Crippen molar-refractivity contribution < 1.29 is 9.53 Å². The molecule has 0 aliphatic rings. The molecule has 1 amide bonds. The van der Waals surface area contributed by atoms with Crippen LogP contribution in [0.25, 0.3) is 0 Å². The molecule has 5 heteroatoms. The molecular formula is C13H19ClN2O2. The van der Waals surface area contributed by atoms with E-state index < -0.39 is 0 Å². The second-order valence-corrected chi connectivity index (χ2v) is 4.53. The average molecular weight is 271 g/mol. The summed E-state index contributed by atoms with van der Waals surface area (Å²) in [5, 5.41) is 6.27. The fraction of sp³-hybridized carbons (Fsp3) is 0.462. The fourth-order valence-corrected chi connectivity index (χ4v) is 1.51. The van der Waals surface area contributed by atoms with Crippen molar-refractivity contribution in [2.45, 2.75) is 20.0 Å². The van der Waals surface area contributed by atoms with Crippen LogP contribution in [0.1, 0.15) is 13.8 Å². The Morgan fingerprint density at radius 3 is 2.78 bits per heavy atom. The molecule has 0 radical (unpaired) electrons. The molecule has 0 unspecified atom stereocenters. The Kier molecular flexibility index (Phi) is 6.72. The molecular weight excluding hydrogens is 252 g/mol. The van der Waals surface area contributed by atoms with Crippen molar-refractivity contribution in [1.29, 1.82) is 0 Å². The number of rotatable bonds is 7. The largest absolute Gasteiger partial charge is 0.377 e. The van der Waals surface area contributed by atoms with Crippen LogP contribution in [0.3, 0.4) is 0 Å². The van der Waals surface area contributed by atoms with E-state index in [4.69, 9.17) is 16.3 Å². The van der Waals surface area contributed by atoms with Crippen LogP contribution in [0.5, 0.6) is 0 Å². The van der Waals surface area contributed by atoms with Gasteiger partial charge in [-0.05, 0) is 26.0 Å². The van der Waals surface area contributed by atoms with E-state index in [-0.39, 0.29) is 18.6 Å². The topological polar surface area (TPSA) is 50.4 Å². The highest BCUT2D eigenvalue weighted by Gasteiger charge is 2.04. The second-order valence-electron chi connectivity index (χ2n) is 4.12. The summed E-state index contributed by atoms with van der Waals surface area (Å²) in [4.78, 5) is 11.6. The molecule has 0 aliphatic heterocycles. The third-order valence-electron chi connectivity index (χ3n) is 2.16. The zero-order chi connectivity index (χ0) is 13.4. The first-order valence-corrected chi connectivity index (χ1v) is 6.34. The molecule has 18 heavy (non-hydrogen) atoms. The maximum absolute atomic E-state index is 11.6. The average Bonchev–Trinajstić information content (AvgIpc) is 2.31. The van der Waals surface area contributed by atoms with Crippen molar-refractivity contribution in [1.82, 2.24) is 5.32 Å². The molecule has 1 rings (SSSR count). The lowest BCUT2D eigenvalue weighted by molar-refractivity contribution is -0.115. The Morgan fingerprint density at radius 1 is 1.39 bits per heavy atom. The van der Waals surface area contributed by atoms with Gasteiger partial charge in [0.15, 0.2) is 0 Å². The monoisotopic (exact) mass is 270 g/mol. The summed E-state index contributed by atoms with van der Waals surface area (Å²) < 4.78 is 5.35. The third-order valence-corrected chi connectivity index (χ3v) is 2.49. The van der Waals surface area contributed by atoms with Crippen LogP contribution in [0, 0.1) is 0 Å². The summed E-state index contributed by atoms with van der Waals surface area (Å²) in [7, 11) is 0. The van der Waals surface area contributed by atoms with Gasteiger partial charge >= 0.3 is 0 Å². The van der Waals surface area contributed by atoms with Gasteiger partial charge in [-0.2, -0.15) is 0 Å². The first-order chi connectivity index (χ1) is 8.59. The molecule has 0 fully saturated rings. The van der Waals surface area contributed by atoms with Crippen molar-refractivity contribution in [3.05, 3.63) is 29.3 Å². The smallest absolute Gasteiger partial charge is 0.238 e. The van der Waals surface area contributed by atoms with Crippen molar-refractivity contribution in [3.8, 4) is 0 Å². The summed E-state index contributed by atoms with van der Waals surface area (Å²) in [5.74, 6) is -0.118. The molecule has 2 N–H and O–H groups in total. The number of benzene rings is 1. The number of nitrogens with one attached hydrogen (secondary N) is 2. The number of ether oxygens (including phenoxy) is 1. The maximum Gasteiger partial charge on any atom is 0.238 e. The van der Waals surface area contributed by atoms with Crippen molar-refractivity contribution in [2.24, 2.45) is 0 Å². The van der Waals surface area contributed by atoms with Crippen LogP contribution in [0.2, 0.25) is 5.02 Å². The lowest BCUT2D eigenvalue weighted by Gasteiger charge is -2.09. The first-order valence-electron chi connectivity index (χ1n) is 5.96. The highest BCUT2D eigenvalue weighted by Crippen LogP contribution is 2.19. The molecule has 0 atom stereocenters. The van der Waals surface area contributed by atoms with Gasteiger partial charge in [0.1, 0.15) is 0 Å². The molecule has 4 nitrogen and oxygen atoms in total. The zero-order valence-electron chi connectivity index (χ0n) is 10.7. The number of halogens is 1. The fourth-order valence-electron chi connectivity index (χ4n) is 1.33. The van der Waals surface area contributed by atoms with Crippen LogP contribution in [-0.4, -0.2) is 31.7 Å². The predicted octanol–water partition coefficient (Wildman–Crippen LogP) is 2.29. The molecule has 0 aliphatic carbocycles. The summed E-state index contributed by atoms with van der Waals surface area (Å²) in [6.45, 7) is 5.44. The van der Waals surface area contributed by atoms with Gasteiger partial charge in [-0.1, -0.05) is 23.7 Å². The lowest BCUT2D eigenvalue weighted by atomic mass is 10.3. The quantitative estimate of drug-likeness (QED) is 0.748. The second kappa shape index (κ2) is 8.08. The molecule has 100 valence electrons. The number of carbonyl (C=O) groups is 1. The maximum atomic E-state index is 11.6. The van der Waals surface area contributed by atoms with Crippen LogP contribution >= 0.6 is 11.6 Å². The van der Waals surface area contributed by atoms with E-state index in [0.717, 1.165) is 0 Å². The van der Waals surface area contributed by atoms with Crippen LogP contribution < -0.4 is 10.6 Å². The van der Waals surface area contributed by atoms with Crippen molar-refractivity contribution >= 4 is 23.2 Å². The number of carbonyl (C=O) groups excluding carboxylic acids is 1. The van der Waals surface area contributed by atoms with Gasteiger partial charge in [-0.3, -0.25) is 4.79 Å². The van der Waals surface area contributed by atoms with Crippen molar-refractivity contribution in [3.63, 3.8) is 0 Å². The van der Waals surface area contributed by atoms with E-state index >= 15 is 0 Å². The summed E-state index contributed by atoms with van der Waals surface area (Å²) in [6.07, 6.45) is 0.212. The van der Waals surface area contributed by atoms with Gasteiger partial charge in [0.2, 0.25) is 5.91 Å². The number of amides is 1. The lowest BCUT2D eigenvalue weighted by Crippen LogP contribution is -2.31. The Balaban J connectivity index is 2.20. The molecule has 0 aromatic heterocycles. The van der Waals surface area contributed by atoms with Crippen LogP contribution in [-0.2, 0) is 9.53 Å². The van der Waals surface area contributed by atoms with E-state index in [2.05, 4.69) is 10.6 Å². The van der Waals surface area contributed by atoms with Crippen LogP contribution in [0.15, 0.2) is 24.3 Å². The summed E-state index contributed by atoms with van der Waals surface area (Å²) >= 11 is 5.93. The molecule has 0 bridgehead atoms. The van der Waals surface area contributed by atoms with Gasteiger partial charge in [-0.25, -0.2) is 0 Å². The third kappa shape index (κ3) is 6.00. The summed E-state index contributed by atoms with van der Waals surface area (Å²) in [6, 6.07) is 7.15. The highest BCUT2D eigenvalue weighted by atomic mass is 35.5. The van der Waals surface area contributed by atoms with E-state index in [0.29, 0.717) is 23.9 Å². The molecule has 1 aromatic carbocycles. The van der Waals surface area contributed by atoms with E-state index in [1.54, 1.807) is 12.1 Å². The first kappa shape index (κ1) is 15.0. The van der Waals surface area contributed by atoms with Gasteiger partial charge in [0.25, 0.3) is 0 Å². The van der Waals surface area contributed by atoms with Gasteiger partial charge < -0.3 is 15.4 Å². The normalized spacial score (nSPS) is 10.7. The Morgan fingerprint density at radius 2 is 2.11 bits per heavy atom. The SMILES string of the molecule is CC(C)OCCNCC(=O)Nc1ccccc1Cl. The molecule has 0 heterocycles. The van der Waals surface area contributed by atoms with Crippen LogP contribution in [0.4, 0.5) is 5.69 Å². The predicted molar refractivity (Wildman–Crippen MR) is 74.0 cm³/mol. The number of hydrogen-bond acceptors (Lipinski definition) is 3. The molecule has 0 spiro atoms. The Labute approximate surface area is 113 Å². The van der Waals surface area contributed by atoms with Gasteiger partial charge in [0, 0.05) is 6.54 Å². The Bertz CT molecular complexity index is 383. The van der Waals surface area contributed by atoms with E-state index in [1.165, 1.54) is 0 Å². The molecule has 0 saturated heterocycles. The minimum Gasteiger partial charge on any atom is -0.377 e. The standard InChI is InChI=1S/C13H19ClN2O2/c1-10(2)18-8-7-15-9-13(17)16-12-6-4-3-5-11(12)14/h3-6,10,15H,7-9H2,1-2H3,(H,16,17). The molecule has 1 aromatic rings. The minimum absolute atomic E-state index is 0.118. The molecule has 0 saturated carbocycles. The Hall–Kier alpha value is -1.10. The van der Waals surface area contributed by atoms with E-state index in [9.17, 15) is 4.79 Å².